The van der Waals surface area contributed by atoms with Crippen molar-refractivity contribution in [3.63, 3.8) is 0 Å². The minimum absolute atomic E-state index is 0.162. The molecule has 0 aliphatic heterocycles. The molecule has 0 atom stereocenters. The van der Waals surface area contributed by atoms with Crippen LogP contribution in [0.1, 0.15) is 59.1 Å². The molecule has 43 heavy (non-hydrogen) atoms. The van der Waals surface area contributed by atoms with Gasteiger partial charge in [0.2, 0.25) is 0 Å². The molecule has 0 spiro atoms. The van der Waals surface area contributed by atoms with Gasteiger partial charge in [-0.3, -0.25) is 0 Å². The molecule has 1 fully saturated rings. The minimum Gasteiger partial charge on any atom is -0.207 e. The highest BCUT2D eigenvalue weighted by atomic mass is 32.1. The summed E-state index contributed by atoms with van der Waals surface area (Å²) in [5.41, 5.74) is -1.84. The van der Waals surface area contributed by atoms with Crippen LogP contribution in [0.4, 0.5) is 39.5 Å². The molecule has 1 saturated carbocycles. The summed E-state index contributed by atoms with van der Waals surface area (Å²) in [6, 6.07) is 6.44. The van der Waals surface area contributed by atoms with Crippen LogP contribution in [-0.4, -0.2) is 6.18 Å². The van der Waals surface area contributed by atoms with Crippen LogP contribution < -0.4 is 0 Å². The number of hydrogen-bond donors (Lipinski definition) is 1. The van der Waals surface area contributed by atoms with Gasteiger partial charge in [0, 0.05) is 22.8 Å². The zero-order valence-electron chi connectivity index (χ0n) is 22.1. The molecule has 11 heteroatoms. The van der Waals surface area contributed by atoms with Crippen LogP contribution in [0.2, 0.25) is 0 Å². The number of fused-ring (bicyclic) bond motifs is 1. The summed E-state index contributed by atoms with van der Waals surface area (Å²) in [5, 5.41) is 1.87. The summed E-state index contributed by atoms with van der Waals surface area (Å²) in [5.74, 6) is -4.95. The zero-order valence-corrected chi connectivity index (χ0v) is 23.8. The standard InChI is InChI=1S/C32H21F9S2/c33-23-11-18(12-24(34)22(23)7-8-32(39,40)41)16-3-5-17(6-4-16)28-25(35)13-19(14-26(28)36)29-27(37)15-20-10-21(2-1-9-42)43-31(20)30(29)38/h1,9-17,42H,2-6H2/b9-1+. The van der Waals surface area contributed by atoms with Gasteiger partial charge in [-0.2, -0.15) is 25.8 Å². The number of thiophene rings is 1. The Morgan fingerprint density at radius 3 is 1.98 bits per heavy atom. The molecular formula is C32H21F9S2. The molecule has 5 rings (SSSR count). The normalized spacial score (nSPS) is 17.4. The average molecular weight is 641 g/mol. The van der Waals surface area contributed by atoms with E-state index in [1.807, 2.05) is 0 Å². The van der Waals surface area contributed by atoms with Crippen molar-refractivity contribution in [2.75, 3.05) is 0 Å². The van der Waals surface area contributed by atoms with Gasteiger partial charge in [0.05, 0.1) is 15.8 Å². The van der Waals surface area contributed by atoms with Crippen molar-refractivity contribution in [2.45, 2.75) is 50.1 Å². The van der Waals surface area contributed by atoms with E-state index in [0.29, 0.717) is 24.6 Å². The Labute approximate surface area is 250 Å². The summed E-state index contributed by atoms with van der Waals surface area (Å²) in [7, 11) is 0. The highest BCUT2D eigenvalue weighted by Gasteiger charge is 2.30. The number of hydrogen-bond acceptors (Lipinski definition) is 2. The number of allylic oxidation sites excluding steroid dienone is 1. The Kier molecular flexibility index (Phi) is 8.91. The zero-order chi connectivity index (χ0) is 31.1. The van der Waals surface area contributed by atoms with Gasteiger partial charge in [0.15, 0.2) is 5.82 Å². The minimum atomic E-state index is -4.91. The van der Waals surface area contributed by atoms with Crippen LogP contribution in [0.15, 0.2) is 47.9 Å². The van der Waals surface area contributed by atoms with Gasteiger partial charge >= 0.3 is 6.18 Å². The lowest BCUT2D eigenvalue weighted by Gasteiger charge is -2.30. The average Bonchev–Trinajstić information content (AvgIpc) is 3.34. The summed E-state index contributed by atoms with van der Waals surface area (Å²) in [4.78, 5) is 0.760. The highest BCUT2D eigenvalue weighted by Crippen LogP contribution is 2.44. The van der Waals surface area contributed by atoms with E-state index in [1.165, 1.54) is 11.3 Å². The first-order valence-corrected chi connectivity index (χ1v) is 14.5. The third-order valence-corrected chi connectivity index (χ3v) is 8.92. The van der Waals surface area contributed by atoms with Gasteiger partial charge in [-0.1, -0.05) is 12.0 Å². The maximum atomic E-state index is 15.4. The Morgan fingerprint density at radius 2 is 1.40 bits per heavy atom. The first-order chi connectivity index (χ1) is 20.4. The van der Waals surface area contributed by atoms with Crippen LogP contribution in [0, 0.1) is 46.7 Å². The molecule has 0 unspecified atom stereocenters. The van der Waals surface area contributed by atoms with Gasteiger partial charge < -0.3 is 0 Å². The van der Waals surface area contributed by atoms with Crippen LogP contribution >= 0.6 is 24.0 Å². The van der Waals surface area contributed by atoms with E-state index in [0.717, 1.165) is 52.5 Å². The summed E-state index contributed by atoms with van der Waals surface area (Å²) < 4.78 is 127. The van der Waals surface area contributed by atoms with Crippen LogP contribution in [0.3, 0.4) is 0 Å². The predicted molar refractivity (Wildman–Crippen MR) is 152 cm³/mol. The molecule has 0 nitrogen and oxygen atoms in total. The number of rotatable bonds is 5. The maximum Gasteiger partial charge on any atom is 0.458 e. The van der Waals surface area contributed by atoms with E-state index >= 15 is 17.6 Å². The fraction of sp³-hybridized carbons (Fsp3) is 0.250. The van der Waals surface area contributed by atoms with Crippen LogP contribution in [0.25, 0.3) is 21.2 Å². The van der Waals surface area contributed by atoms with Gasteiger partial charge in [0.25, 0.3) is 0 Å². The number of benzene rings is 3. The molecule has 224 valence electrons. The number of alkyl halides is 3. The molecule has 0 bridgehead atoms. The van der Waals surface area contributed by atoms with Crippen molar-refractivity contribution in [2.24, 2.45) is 0 Å². The molecule has 0 saturated heterocycles. The third kappa shape index (κ3) is 6.60. The molecule has 3 aromatic carbocycles. The van der Waals surface area contributed by atoms with Crippen molar-refractivity contribution in [1.29, 1.82) is 0 Å². The Hall–Kier alpha value is -3.36. The first kappa shape index (κ1) is 31.1. The Balaban J connectivity index is 1.37. The largest absolute Gasteiger partial charge is 0.458 e. The van der Waals surface area contributed by atoms with E-state index in [9.17, 15) is 22.0 Å². The van der Waals surface area contributed by atoms with Gasteiger partial charge in [-0.15, -0.1) is 11.3 Å². The third-order valence-electron chi connectivity index (χ3n) is 7.54. The molecule has 1 aliphatic rings. The lowest BCUT2D eigenvalue weighted by molar-refractivity contribution is -0.0696. The second-order valence-electron chi connectivity index (χ2n) is 10.3. The molecule has 0 N–H and O–H groups in total. The molecule has 0 radical (unpaired) electrons. The Bertz CT molecular complexity index is 1740. The SMILES string of the molecule is Fc1cc(C2CCC(c3c(F)cc(-c4c(F)cc5cc(C/C=C/S)sc5c4F)cc3F)CC2)cc(F)c1C#CC(F)(F)F. The molecule has 1 aliphatic carbocycles. The van der Waals surface area contributed by atoms with Gasteiger partial charge in [-0.25, -0.2) is 26.3 Å². The second kappa shape index (κ2) is 12.3. The molecule has 1 heterocycles. The van der Waals surface area contributed by atoms with Crippen molar-refractivity contribution in [3.8, 4) is 23.0 Å². The lowest BCUT2D eigenvalue weighted by atomic mass is 9.75. The van der Waals surface area contributed by atoms with E-state index in [1.54, 1.807) is 12.1 Å². The second-order valence-corrected chi connectivity index (χ2v) is 11.7. The number of thiol groups is 1. The van der Waals surface area contributed by atoms with Gasteiger partial charge in [0.1, 0.15) is 29.1 Å². The fourth-order valence-corrected chi connectivity index (χ4v) is 6.77. The Morgan fingerprint density at radius 1 is 0.791 bits per heavy atom. The van der Waals surface area contributed by atoms with E-state index in [2.05, 4.69) is 12.6 Å². The van der Waals surface area contributed by atoms with Crippen molar-refractivity contribution in [1.82, 2.24) is 0 Å². The van der Waals surface area contributed by atoms with E-state index in [-0.39, 0.29) is 34.2 Å². The summed E-state index contributed by atoms with van der Waals surface area (Å²) >= 11 is 5.09. The molecule has 1 aromatic heterocycles. The topological polar surface area (TPSA) is 0 Å². The molecule has 0 amide bonds. The van der Waals surface area contributed by atoms with Crippen molar-refractivity contribution >= 4 is 34.1 Å². The van der Waals surface area contributed by atoms with E-state index in [4.69, 9.17) is 0 Å². The molecule has 4 aromatic rings. The molecular weight excluding hydrogens is 619 g/mol. The monoisotopic (exact) mass is 640 g/mol. The highest BCUT2D eigenvalue weighted by molar-refractivity contribution is 7.83. The van der Waals surface area contributed by atoms with Crippen LogP contribution in [-0.2, 0) is 6.42 Å². The van der Waals surface area contributed by atoms with Gasteiger partial charge in [-0.05, 0) is 95.8 Å². The predicted octanol–water partition coefficient (Wildman–Crippen LogP) is 10.7. The first-order valence-electron chi connectivity index (χ1n) is 13.1. The van der Waals surface area contributed by atoms with Crippen molar-refractivity contribution < 1.29 is 39.5 Å². The van der Waals surface area contributed by atoms with E-state index < -0.39 is 64.0 Å². The summed E-state index contributed by atoms with van der Waals surface area (Å²) in [6.07, 6.45) is -1.64. The van der Waals surface area contributed by atoms with Crippen molar-refractivity contribution in [3.05, 3.63) is 104 Å². The fourth-order valence-electron chi connectivity index (χ4n) is 5.61. The number of halogens is 9. The van der Waals surface area contributed by atoms with Crippen LogP contribution in [0.5, 0.6) is 0 Å². The quantitative estimate of drug-likeness (QED) is 0.125. The summed E-state index contributed by atoms with van der Waals surface area (Å²) in [6.45, 7) is 0. The maximum absolute atomic E-state index is 15.4. The lowest BCUT2D eigenvalue weighted by Crippen LogP contribution is -2.15. The smallest absolute Gasteiger partial charge is 0.207 e.